The predicted octanol–water partition coefficient (Wildman–Crippen LogP) is 4.72. The summed E-state index contributed by atoms with van der Waals surface area (Å²) in [5.41, 5.74) is 2.23. The van der Waals surface area contributed by atoms with E-state index in [2.05, 4.69) is 38.5 Å². The molecule has 1 N–H and O–H groups in total. The Labute approximate surface area is 125 Å². The quantitative estimate of drug-likeness (QED) is 0.867. The van der Waals surface area contributed by atoms with E-state index in [1.807, 2.05) is 25.1 Å². The molecule has 0 amide bonds. The molecule has 0 fully saturated rings. The third-order valence-electron chi connectivity index (χ3n) is 2.61. The van der Waals surface area contributed by atoms with E-state index in [-0.39, 0.29) is 6.04 Å². The molecule has 1 unspecified atom stereocenters. The van der Waals surface area contributed by atoms with E-state index >= 15 is 0 Å². The van der Waals surface area contributed by atoms with Gasteiger partial charge in [-0.1, -0.05) is 27.5 Å². The first-order valence-corrected chi connectivity index (χ1v) is 7.70. The zero-order valence-electron chi connectivity index (χ0n) is 10.2. The second kappa shape index (κ2) is 6.15. The number of aryl methyl sites for hydroxylation is 1. The number of benzene rings is 1. The van der Waals surface area contributed by atoms with Crippen LogP contribution in [-0.4, -0.2) is 4.98 Å². The lowest BCUT2D eigenvalue weighted by molar-refractivity contribution is 0.570. The van der Waals surface area contributed by atoms with Crippen LogP contribution >= 0.6 is 38.9 Å². The fourth-order valence-electron chi connectivity index (χ4n) is 1.60. The Morgan fingerprint density at radius 2 is 2.28 bits per heavy atom. The summed E-state index contributed by atoms with van der Waals surface area (Å²) >= 11 is 11.2. The molecule has 1 aromatic heterocycles. The van der Waals surface area contributed by atoms with Crippen LogP contribution < -0.4 is 5.32 Å². The van der Waals surface area contributed by atoms with E-state index in [0.717, 1.165) is 32.3 Å². The molecule has 5 heteroatoms. The van der Waals surface area contributed by atoms with Crippen molar-refractivity contribution in [1.29, 1.82) is 0 Å². The van der Waals surface area contributed by atoms with Gasteiger partial charge in [0, 0.05) is 27.1 Å². The smallest absolute Gasteiger partial charge is 0.110 e. The van der Waals surface area contributed by atoms with Crippen LogP contribution in [0.1, 0.15) is 29.2 Å². The predicted molar refractivity (Wildman–Crippen MR) is 81.3 cm³/mol. The number of hydrogen-bond acceptors (Lipinski definition) is 3. The van der Waals surface area contributed by atoms with Crippen LogP contribution in [0.15, 0.2) is 28.1 Å². The molecule has 18 heavy (non-hydrogen) atoms. The molecule has 0 aliphatic heterocycles. The van der Waals surface area contributed by atoms with E-state index in [0.29, 0.717) is 0 Å². The third kappa shape index (κ3) is 3.54. The first-order valence-electron chi connectivity index (χ1n) is 5.65. The van der Waals surface area contributed by atoms with Crippen LogP contribution in [-0.2, 0) is 6.54 Å². The number of halogens is 2. The van der Waals surface area contributed by atoms with Crippen LogP contribution in [0.4, 0.5) is 0 Å². The van der Waals surface area contributed by atoms with Gasteiger partial charge in [-0.25, -0.2) is 4.98 Å². The number of aromatic nitrogens is 1. The summed E-state index contributed by atoms with van der Waals surface area (Å²) in [5, 5.41) is 7.40. The maximum absolute atomic E-state index is 5.99. The largest absolute Gasteiger partial charge is 0.304 e. The first-order chi connectivity index (χ1) is 8.56. The maximum Gasteiger partial charge on any atom is 0.110 e. The van der Waals surface area contributed by atoms with Crippen LogP contribution in [0.25, 0.3) is 0 Å². The van der Waals surface area contributed by atoms with Gasteiger partial charge in [-0.3, -0.25) is 0 Å². The van der Waals surface area contributed by atoms with Crippen molar-refractivity contribution in [3.05, 3.63) is 49.3 Å². The molecule has 2 nitrogen and oxygen atoms in total. The maximum atomic E-state index is 5.99. The van der Waals surface area contributed by atoms with Gasteiger partial charge >= 0.3 is 0 Å². The van der Waals surface area contributed by atoms with Gasteiger partial charge in [-0.15, -0.1) is 11.3 Å². The molecular weight excluding hydrogens is 332 g/mol. The Balaban J connectivity index is 2.01. The normalized spacial score (nSPS) is 12.7. The van der Waals surface area contributed by atoms with Crippen molar-refractivity contribution in [2.45, 2.75) is 26.4 Å². The van der Waals surface area contributed by atoms with Crippen molar-refractivity contribution in [2.24, 2.45) is 0 Å². The monoisotopic (exact) mass is 344 g/mol. The Hall–Kier alpha value is -0.420. The summed E-state index contributed by atoms with van der Waals surface area (Å²) in [6.07, 6.45) is 0. The molecule has 1 atom stereocenters. The van der Waals surface area contributed by atoms with Gasteiger partial charge in [0.25, 0.3) is 0 Å². The Kier molecular flexibility index (Phi) is 4.78. The highest BCUT2D eigenvalue weighted by Gasteiger charge is 2.09. The lowest BCUT2D eigenvalue weighted by atomic mass is 10.2. The summed E-state index contributed by atoms with van der Waals surface area (Å²) in [4.78, 5) is 4.48. The molecule has 0 saturated carbocycles. The fourth-order valence-corrected chi connectivity index (χ4v) is 3.01. The summed E-state index contributed by atoms with van der Waals surface area (Å²) < 4.78 is 1.07. The molecule has 96 valence electrons. The van der Waals surface area contributed by atoms with E-state index in [1.54, 1.807) is 11.3 Å². The van der Waals surface area contributed by atoms with E-state index < -0.39 is 0 Å². The second-order valence-corrected chi connectivity index (χ2v) is 6.35. The molecule has 1 aromatic carbocycles. The highest BCUT2D eigenvalue weighted by molar-refractivity contribution is 9.10. The molecule has 2 aromatic rings. The molecule has 0 bridgehead atoms. The topological polar surface area (TPSA) is 24.9 Å². The highest BCUT2D eigenvalue weighted by Crippen LogP contribution is 2.23. The van der Waals surface area contributed by atoms with Crippen molar-refractivity contribution in [3.63, 3.8) is 0 Å². The van der Waals surface area contributed by atoms with Crippen molar-refractivity contribution < 1.29 is 0 Å². The molecule has 0 saturated heterocycles. The van der Waals surface area contributed by atoms with Gasteiger partial charge in [0.2, 0.25) is 0 Å². The fraction of sp³-hybridized carbons (Fsp3) is 0.308. The minimum Gasteiger partial charge on any atom is -0.304 e. The molecule has 2 rings (SSSR count). The number of nitrogens with one attached hydrogen (secondary N) is 1. The summed E-state index contributed by atoms with van der Waals surface area (Å²) in [6, 6.07) is 6.06. The van der Waals surface area contributed by atoms with Gasteiger partial charge in [0.1, 0.15) is 5.01 Å². The SMILES string of the molecule is Cc1csc(C(C)NCc2cc(Cl)ccc2Br)n1. The molecule has 0 spiro atoms. The van der Waals surface area contributed by atoms with Crippen molar-refractivity contribution in [2.75, 3.05) is 0 Å². The minimum absolute atomic E-state index is 0.245. The summed E-state index contributed by atoms with van der Waals surface area (Å²) in [6.45, 7) is 4.90. The second-order valence-electron chi connectivity index (χ2n) is 4.17. The van der Waals surface area contributed by atoms with Gasteiger partial charge < -0.3 is 5.32 Å². The van der Waals surface area contributed by atoms with Gasteiger partial charge in [-0.2, -0.15) is 0 Å². The zero-order valence-corrected chi connectivity index (χ0v) is 13.4. The Morgan fingerprint density at radius 1 is 1.50 bits per heavy atom. The standard InChI is InChI=1S/C13H14BrClN2S/c1-8-7-18-13(17-8)9(2)16-6-10-5-11(15)3-4-12(10)14/h3-5,7,9,16H,6H2,1-2H3. The average molecular weight is 346 g/mol. The van der Waals surface area contributed by atoms with E-state index in [9.17, 15) is 0 Å². The van der Waals surface area contributed by atoms with E-state index in [1.165, 1.54) is 0 Å². The molecule has 0 aliphatic carbocycles. The zero-order chi connectivity index (χ0) is 13.1. The first kappa shape index (κ1) is 14.0. The Bertz CT molecular complexity index is 542. The molecular formula is C13H14BrClN2S. The lowest BCUT2D eigenvalue weighted by Gasteiger charge is -2.12. The van der Waals surface area contributed by atoms with Gasteiger partial charge in [-0.05, 0) is 37.6 Å². The van der Waals surface area contributed by atoms with Gasteiger partial charge in [0.15, 0.2) is 0 Å². The number of nitrogens with zero attached hydrogens (tertiary/aromatic N) is 1. The number of rotatable bonds is 4. The van der Waals surface area contributed by atoms with Crippen molar-refractivity contribution >= 4 is 38.9 Å². The molecule has 1 heterocycles. The van der Waals surface area contributed by atoms with Crippen LogP contribution in [0.2, 0.25) is 5.02 Å². The van der Waals surface area contributed by atoms with Crippen molar-refractivity contribution in [3.8, 4) is 0 Å². The van der Waals surface area contributed by atoms with E-state index in [4.69, 9.17) is 11.6 Å². The third-order valence-corrected chi connectivity index (χ3v) is 4.77. The van der Waals surface area contributed by atoms with Crippen LogP contribution in [0.5, 0.6) is 0 Å². The van der Waals surface area contributed by atoms with Crippen LogP contribution in [0, 0.1) is 6.92 Å². The van der Waals surface area contributed by atoms with Crippen molar-refractivity contribution in [1.82, 2.24) is 10.3 Å². The highest BCUT2D eigenvalue weighted by atomic mass is 79.9. The Morgan fingerprint density at radius 3 is 2.94 bits per heavy atom. The average Bonchev–Trinajstić information content (AvgIpc) is 2.77. The molecule has 0 aliphatic rings. The molecule has 0 radical (unpaired) electrons. The number of thiazole rings is 1. The lowest BCUT2D eigenvalue weighted by Crippen LogP contribution is -2.18. The summed E-state index contributed by atoms with van der Waals surface area (Å²) in [5.74, 6) is 0. The minimum atomic E-state index is 0.245. The summed E-state index contributed by atoms with van der Waals surface area (Å²) in [7, 11) is 0. The van der Waals surface area contributed by atoms with Gasteiger partial charge in [0.05, 0.1) is 6.04 Å². The van der Waals surface area contributed by atoms with Crippen LogP contribution in [0.3, 0.4) is 0 Å². The number of hydrogen-bond donors (Lipinski definition) is 1.